The minimum Gasteiger partial charge on any atom is -0.252 e. The molecule has 0 bridgehead atoms. The molecule has 2 heterocycles. The molecule has 3 aromatic carbocycles. The van der Waals surface area contributed by atoms with Crippen molar-refractivity contribution in [3.63, 3.8) is 0 Å². The lowest BCUT2D eigenvalue weighted by Gasteiger charge is -2.06. The van der Waals surface area contributed by atoms with E-state index in [1.165, 1.54) is 18.2 Å². The van der Waals surface area contributed by atoms with Gasteiger partial charge in [0.1, 0.15) is 22.8 Å². The molecule has 0 aliphatic carbocycles. The third-order valence-electron chi connectivity index (χ3n) is 4.61. The first-order chi connectivity index (χ1) is 13.2. The maximum absolute atomic E-state index is 14.3. The Labute approximate surface area is 153 Å². The Balaban J connectivity index is 1.92. The number of aromatic nitrogens is 3. The minimum atomic E-state index is -0.387. The van der Waals surface area contributed by atoms with Crippen molar-refractivity contribution in [2.24, 2.45) is 0 Å². The third kappa shape index (κ3) is 2.47. The standard InChI is InChI=1S/C22H13F2N3/c23-15-9-11-16(12-10-15)27-22-17-7-4-8-19(24)21(17)25-13-18(22)20(26-27)14-5-2-1-3-6-14/h1-13H. The first kappa shape index (κ1) is 15.6. The zero-order valence-electron chi connectivity index (χ0n) is 14.1. The molecule has 0 radical (unpaired) electrons. The topological polar surface area (TPSA) is 30.7 Å². The van der Waals surface area contributed by atoms with Crippen molar-refractivity contribution in [2.45, 2.75) is 0 Å². The van der Waals surface area contributed by atoms with E-state index in [0.29, 0.717) is 11.1 Å². The minimum absolute atomic E-state index is 0.285. The molecule has 3 nitrogen and oxygen atoms in total. The van der Waals surface area contributed by atoms with Crippen LogP contribution in [0.2, 0.25) is 0 Å². The van der Waals surface area contributed by atoms with Crippen LogP contribution in [0.15, 0.2) is 79.0 Å². The van der Waals surface area contributed by atoms with Gasteiger partial charge >= 0.3 is 0 Å². The highest BCUT2D eigenvalue weighted by molar-refractivity contribution is 6.08. The summed E-state index contributed by atoms with van der Waals surface area (Å²) in [7, 11) is 0. The Hall–Kier alpha value is -3.60. The van der Waals surface area contributed by atoms with Gasteiger partial charge in [0.25, 0.3) is 0 Å². The van der Waals surface area contributed by atoms with E-state index >= 15 is 0 Å². The van der Waals surface area contributed by atoms with Gasteiger partial charge in [-0.25, -0.2) is 13.5 Å². The highest BCUT2D eigenvalue weighted by Gasteiger charge is 2.18. The van der Waals surface area contributed by atoms with E-state index in [0.717, 1.165) is 22.2 Å². The Morgan fingerprint density at radius 1 is 0.741 bits per heavy atom. The second-order valence-corrected chi connectivity index (χ2v) is 6.26. The van der Waals surface area contributed by atoms with Gasteiger partial charge in [0.15, 0.2) is 0 Å². The first-order valence-electron chi connectivity index (χ1n) is 8.50. The lowest BCUT2D eigenvalue weighted by molar-refractivity contribution is 0.627. The van der Waals surface area contributed by atoms with Crippen molar-refractivity contribution >= 4 is 21.8 Å². The molecule has 0 spiro atoms. The molecule has 0 aliphatic rings. The molecule has 27 heavy (non-hydrogen) atoms. The number of rotatable bonds is 2. The summed E-state index contributed by atoms with van der Waals surface area (Å²) >= 11 is 0. The predicted molar refractivity (Wildman–Crippen MR) is 102 cm³/mol. The molecular formula is C22H13F2N3. The summed E-state index contributed by atoms with van der Waals surface area (Å²) in [5.74, 6) is -0.710. The van der Waals surface area contributed by atoms with Crippen molar-refractivity contribution in [2.75, 3.05) is 0 Å². The molecule has 0 fully saturated rings. The average molecular weight is 357 g/mol. The number of nitrogens with zero attached hydrogens (tertiary/aromatic N) is 3. The molecule has 5 aromatic rings. The summed E-state index contributed by atoms with van der Waals surface area (Å²) < 4.78 is 29.4. The molecule has 0 N–H and O–H groups in total. The summed E-state index contributed by atoms with van der Waals surface area (Å²) in [6.07, 6.45) is 1.65. The fraction of sp³-hybridized carbons (Fsp3) is 0. The van der Waals surface area contributed by atoms with Gasteiger partial charge in [-0.05, 0) is 30.3 Å². The van der Waals surface area contributed by atoms with E-state index in [-0.39, 0.29) is 17.2 Å². The second-order valence-electron chi connectivity index (χ2n) is 6.26. The number of halogens is 2. The van der Waals surface area contributed by atoms with E-state index in [2.05, 4.69) is 4.98 Å². The average Bonchev–Trinajstić information content (AvgIpc) is 3.10. The highest BCUT2D eigenvalue weighted by atomic mass is 19.1. The fourth-order valence-electron chi connectivity index (χ4n) is 3.36. The van der Waals surface area contributed by atoms with Gasteiger partial charge in [-0.15, -0.1) is 0 Å². The molecule has 130 valence electrons. The number of para-hydroxylation sites is 1. The maximum Gasteiger partial charge on any atom is 0.149 e. The Bertz CT molecular complexity index is 1280. The molecule has 0 saturated heterocycles. The van der Waals surface area contributed by atoms with Crippen molar-refractivity contribution in [3.8, 4) is 16.9 Å². The van der Waals surface area contributed by atoms with Crippen LogP contribution in [-0.2, 0) is 0 Å². The zero-order chi connectivity index (χ0) is 18.4. The van der Waals surface area contributed by atoms with Crippen LogP contribution >= 0.6 is 0 Å². The Morgan fingerprint density at radius 2 is 1.52 bits per heavy atom. The molecule has 0 saturated carbocycles. The number of fused-ring (bicyclic) bond motifs is 3. The summed E-state index contributed by atoms with van der Waals surface area (Å²) in [5.41, 5.74) is 3.40. The predicted octanol–water partition coefficient (Wildman–Crippen LogP) is 5.52. The molecule has 0 amide bonds. The van der Waals surface area contributed by atoms with Crippen molar-refractivity contribution < 1.29 is 8.78 Å². The van der Waals surface area contributed by atoms with Crippen molar-refractivity contribution in [1.29, 1.82) is 0 Å². The quantitative estimate of drug-likeness (QED) is 0.416. The third-order valence-corrected chi connectivity index (χ3v) is 4.61. The van der Waals surface area contributed by atoms with E-state index in [9.17, 15) is 8.78 Å². The summed E-state index contributed by atoms with van der Waals surface area (Å²) in [5, 5.41) is 6.24. The summed E-state index contributed by atoms with van der Waals surface area (Å²) in [6, 6.07) is 20.7. The van der Waals surface area contributed by atoms with Crippen LogP contribution in [0.4, 0.5) is 8.78 Å². The van der Waals surface area contributed by atoms with Gasteiger partial charge in [0.2, 0.25) is 0 Å². The highest BCUT2D eigenvalue weighted by Crippen LogP contribution is 2.34. The van der Waals surface area contributed by atoms with Gasteiger partial charge in [-0.2, -0.15) is 5.10 Å². The molecule has 0 unspecified atom stereocenters. The van der Waals surface area contributed by atoms with E-state index in [1.807, 2.05) is 36.4 Å². The molecule has 0 aliphatic heterocycles. The number of pyridine rings is 1. The van der Waals surface area contributed by atoms with Crippen LogP contribution in [0.25, 0.3) is 38.8 Å². The van der Waals surface area contributed by atoms with Crippen LogP contribution in [0.1, 0.15) is 0 Å². The monoisotopic (exact) mass is 357 g/mol. The summed E-state index contributed by atoms with van der Waals surface area (Å²) in [4.78, 5) is 4.33. The van der Waals surface area contributed by atoms with E-state index in [4.69, 9.17) is 5.10 Å². The van der Waals surface area contributed by atoms with Crippen LogP contribution in [0.5, 0.6) is 0 Å². The van der Waals surface area contributed by atoms with Crippen LogP contribution in [-0.4, -0.2) is 14.8 Å². The number of hydrogen-bond acceptors (Lipinski definition) is 2. The second kappa shape index (κ2) is 5.99. The smallest absolute Gasteiger partial charge is 0.149 e. The van der Waals surface area contributed by atoms with Crippen LogP contribution in [0, 0.1) is 11.6 Å². The lowest BCUT2D eigenvalue weighted by atomic mass is 10.1. The van der Waals surface area contributed by atoms with Crippen LogP contribution < -0.4 is 0 Å². The molecule has 5 rings (SSSR count). The SMILES string of the molecule is Fc1ccc(-n2nc(-c3ccccc3)c3cnc4c(F)cccc4c32)cc1. The summed E-state index contributed by atoms with van der Waals surface area (Å²) in [6.45, 7) is 0. The molecule has 5 heteroatoms. The van der Waals surface area contributed by atoms with Gasteiger partial charge in [0, 0.05) is 22.5 Å². The Morgan fingerprint density at radius 3 is 2.30 bits per heavy atom. The van der Waals surface area contributed by atoms with Gasteiger partial charge in [-0.3, -0.25) is 4.98 Å². The van der Waals surface area contributed by atoms with Crippen molar-refractivity contribution in [1.82, 2.24) is 14.8 Å². The molecule has 2 aromatic heterocycles. The largest absolute Gasteiger partial charge is 0.252 e. The van der Waals surface area contributed by atoms with E-state index in [1.54, 1.807) is 29.1 Å². The number of benzene rings is 3. The lowest BCUT2D eigenvalue weighted by Crippen LogP contribution is -1.97. The Kier molecular flexibility index (Phi) is 3.47. The number of hydrogen-bond donors (Lipinski definition) is 0. The van der Waals surface area contributed by atoms with Crippen molar-refractivity contribution in [3.05, 3.63) is 90.6 Å². The maximum atomic E-state index is 14.3. The van der Waals surface area contributed by atoms with E-state index < -0.39 is 0 Å². The fourth-order valence-corrected chi connectivity index (χ4v) is 3.36. The van der Waals surface area contributed by atoms with Crippen LogP contribution in [0.3, 0.4) is 0 Å². The molecular weight excluding hydrogens is 344 g/mol. The normalized spacial score (nSPS) is 11.3. The van der Waals surface area contributed by atoms with Gasteiger partial charge < -0.3 is 0 Å². The molecule has 0 atom stereocenters. The van der Waals surface area contributed by atoms with Gasteiger partial charge in [0.05, 0.1) is 11.2 Å². The first-order valence-corrected chi connectivity index (χ1v) is 8.50. The van der Waals surface area contributed by atoms with Gasteiger partial charge in [-0.1, -0.05) is 42.5 Å². The zero-order valence-corrected chi connectivity index (χ0v) is 14.1.